The molecule has 0 N–H and O–H groups in total. The van der Waals surface area contributed by atoms with Crippen LogP contribution < -0.4 is 0 Å². The molecule has 0 bridgehead atoms. The van der Waals surface area contributed by atoms with E-state index in [0.717, 1.165) is 0 Å². The van der Waals surface area contributed by atoms with Crippen molar-refractivity contribution in [3.8, 4) is 0 Å². The van der Waals surface area contributed by atoms with Gasteiger partial charge in [-0.15, -0.1) is 6.92 Å². The zero-order chi connectivity index (χ0) is 6.99. The van der Waals surface area contributed by atoms with E-state index in [1.807, 2.05) is 13.0 Å². The van der Waals surface area contributed by atoms with Gasteiger partial charge < -0.3 is 6.92 Å². The fraction of sp³-hybridized carbons (Fsp3) is 0.500. The summed E-state index contributed by atoms with van der Waals surface area (Å²) in [5, 5.41) is 0. The van der Waals surface area contributed by atoms with E-state index in [9.17, 15) is 0 Å². The van der Waals surface area contributed by atoms with Crippen molar-refractivity contribution >= 4 is 23.1 Å². The molecule has 0 unspecified atom stereocenters. The van der Waals surface area contributed by atoms with Crippen molar-refractivity contribution in [3.63, 3.8) is 0 Å². The maximum absolute atomic E-state index is 3.64. The van der Waals surface area contributed by atoms with Crippen LogP contribution in [0.4, 0.5) is 0 Å². The molecule has 0 fully saturated rings. The molecule has 0 saturated carbocycles. The first-order valence-electron chi connectivity index (χ1n) is 2.88. The largest absolute Gasteiger partial charge is 2.00 e. The van der Waals surface area contributed by atoms with E-state index in [1.54, 1.807) is 6.08 Å². The topological polar surface area (TPSA) is 0 Å². The van der Waals surface area contributed by atoms with E-state index in [1.165, 1.54) is 0 Å². The fourth-order valence-corrected chi connectivity index (χ4v) is 0. The van der Waals surface area contributed by atoms with Crippen molar-refractivity contribution in [1.29, 1.82) is 0 Å². The maximum Gasteiger partial charge on any atom is 2.00 e. The van der Waals surface area contributed by atoms with Crippen molar-refractivity contribution < 1.29 is 0 Å². The minimum Gasteiger partial charge on any atom is -0.341 e. The summed E-state index contributed by atoms with van der Waals surface area (Å²) in [5.41, 5.74) is 0. The Morgan fingerprint density at radius 1 is 1.33 bits per heavy atom. The van der Waals surface area contributed by atoms with Gasteiger partial charge in [-0.05, 0) is 0 Å². The summed E-state index contributed by atoms with van der Waals surface area (Å²) in [7, 11) is 0. The molecule has 0 radical (unpaired) electrons. The second-order valence-corrected chi connectivity index (χ2v) is 1.96. The quantitative estimate of drug-likeness (QED) is 0.355. The van der Waals surface area contributed by atoms with E-state index in [4.69, 9.17) is 0 Å². The zero-order valence-electron chi connectivity index (χ0n) is 6.85. The van der Waals surface area contributed by atoms with Gasteiger partial charge in [0, 0.05) is 0 Å². The van der Waals surface area contributed by atoms with Gasteiger partial charge in [0.05, 0.1) is 0 Å². The Bertz CT molecular complexity index is 39.8. The van der Waals surface area contributed by atoms with Gasteiger partial charge in [-0.2, -0.15) is 5.92 Å². The first-order valence-corrected chi connectivity index (χ1v) is 2.88. The van der Waals surface area contributed by atoms with Crippen molar-refractivity contribution in [2.75, 3.05) is 0 Å². The zero-order valence-corrected chi connectivity index (χ0v) is 8.27. The summed E-state index contributed by atoms with van der Waals surface area (Å²) in [6.45, 7) is 13.1. The average Bonchev–Trinajstić information content (AvgIpc) is 1.65. The van der Waals surface area contributed by atoms with Crippen LogP contribution >= 0.6 is 0 Å². The first-order chi connectivity index (χ1) is 3.65. The summed E-state index contributed by atoms with van der Waals surface area (Å²) in [6.07, 6.45) is 3.64. The Balaban J connectivity index is -0.0000000720. The Labute approximate surface area is 75.9 Å². The normalized spacial score (nSPS) is 8.11. The molecule has 0 aliphatic rings. The average molecular weight is 137 g/mol. The molecule has 0 amide bonds. The van der Waals surface area contributed by atoms with E-state index in [2.05, 4.69) is 27.7 Å². The third-order valence-corrected chi connectivity index (χ3v) is 0.236. The molecule has 0 spiro atoms. The van der Waals surface area contributed by atoms with Crippen LogP contribution in [0.25, 0.3) is 0 Å². The predicted octanol–water partition coefficient (Wildman–Crippen LogP) is 2.49. The van der Waals surface area contributed by atoms with Crippen LogP contribution in [0.2, 0.25) is 0 Å². The molecular weight excluding hydrogens is 120 g/mol. The van der Waals surface area contributed by atoms with E-state index in [-0.39, 0.29) is 23.1 Å². The van der Waals surface area contributed by atoms with Gasteiger partial charge in [0.15, 0.2) is 0 Å². The van der Waals surface area contributed by atoms with E-state index < -0.39 is 0 Å². The van der Waals surface area contributed by atoms with Crippen LogP contribution in [0.3, 0.4) is 0 Å². The molecule has 0 aromatic rings. The first kappa shape index (κ1) is 16.2. The van der Waals surface area contributed by atoms with Crippen LogP contribution in [0, 0.1) is 19.8 Å². The molecule has 0 saturated heterocycles. The molecule has 0 heterocycles. The van der Waals surface area contributed by atoms with Gasteiger partial charge in [-0.3, -0.25) is 0 Å². The van der Waals surface area contributed by atoms with Crippen molar-refractivity contribution in [3.05, 3.63) is 26.0 Å². The van der Waals surface area contributed by atoms with Gasteiger partial charge in [0.1, 0.15) is 0 Å². The molecule has 0 rings (SSSR count). The van der Waals surface area contributed by atoms with Crippen LogP contribution in [0.15, 0.2) is 12.2 Å². The molecular formula is C8H16Mg. The van der Waals surface area contributed by atoms with Crippen molar-refractivity contribution in [2.45, 2.75) is 20.8 Å². The molecule has 9 heavy (non-hydrogen) atoms. The molecule has 0 aliphatic carbocycles. The molecule has 0 aromatic carbocycles. The molecule has 0 nitrogen and oxygen atoms in total. The van der Waals surface area contributed by atoms with Crippen LogP contribution in [0.1, 0.15) is 20.8 Å². The SMILES string of the molecule is [CH2-]/C=C/C.[CH2-]C(C)C.[Mg+2]. The smallest absolute Gasteiger partial charge is 0.341 e. The summed E-state index contributed by atoms with van der Waals surface area (Å²) in [5.74, 6) is 0.583. The van der Waals surface area contributed by atoms with E-state index in [0.29, 0.717) is 5.92 Å². The Morgan fingerprint density at radius 2 is 1.44 bits per heavy atom. The summed E-state index contributed by atoms with van der Waals surface area (Å²) in [6, 6.07) is 0. The van der Waals surface area contributed by atoms with Crippen molar-refractivity contribution in [2.24, 2.45) is 5.92 Å². The van der Waals surface area contributed by atoms with Crippen LogP contribution in [0.5, 0.6) is 0 Å². The molecule has 0 aromatic heterocycles. The van der Waals surface area contributed by atoms with Gasteiger partial charge in [-0.25, -0.2) is 19.1 Å². The van der Waals surface area contributed by atoms with Crippen molar-refractivity contribution in [1.82, 2.24) is 0 Å². The fourth-order valence-electron chi connectivity index (χ4n) is 0. The standard InChI is InChI=1S/C4H9.C4H7.Mg/c1-4(2)3;1-3-4-2;/h4H,1H2,2-3H3;3-4H,1H2,2H3;/q2*-1;+2/b;4-3+;. The second kappa shape index (κ2) is 15.8. The number of rotatable bonds is 0. The van der Waals surface area contributed by atoms with Gasteiger partial charge >= 0.3 is 23.1 Å². The molecule has 0 atom stereocenters. The molecule has 0 aliphatic heterocycles. The Hall–Kier alpha value is 0.376. The summed E-state index contributed by atoms with van der Waals surface area (Å²) in [4.78, 5) is 0. The number of hydrogen-bond acceptors (Lipinski definition) is 0. The third kappa shape index (κ3) is 180. The summed E-state index contributed by atoms with van der Waals surface area (Å²) >= 11 is 0. The van der Waals surface area contributed by atoms with Gasteiger partial charge in [-0.1, -0.05) is 13.8 Å². The Kier molecular flexibility index (Phi) is 28.3. The van der Waals surface area contributed by atoms with E-state index >= 15 is 0 Å². The van der Waals surface area contributed by atoms with Gasteiger partial charge in [0.25, 0.3) is 0 Å². The second-order valence-electron chi connectivity index (χ2n) is 1.96. The predicted molar refractivity (Wildman–Crippen MR) is 46.1 cm³/mol. The minimum atomic E-state index is 0. The molecule has 1 heteroatoms. The van der Waals surface area contributed by atoms with Gasteiger partial charge in [0.2, 0.25) is 0 Å². The summed E-state index contributed by atoms with van der Waals surface area (Å²) < 4.78 is 0. The molecule has 50 valence electrons. The monoisotopic (exact) mass is 136 g/mol. The number of allylic oxidation sites excluding steroid dienone is 2. The minimum absolute atomic E-state index is 0. The number of hydrogen-bond donors (Lipinski definition) is 0. The Morgan fingerprint density at radius 3 is 1.44 bits per heavy atom. The van der Waals surface area contributed by atoms with Crippen LogP contribution in [-0.2, 0) is 0 Å². The van der Waals surface area contributed by atoms with Crippen LogP contribution in [-0.4, -0.2) is 23.1 Å². The maximum atomic E-state index is 3.64. The third-order valence-electron chi connectivity index (χ3n) is 0.236.